The highest BCUT2D eigenvalue weighted by molar-refractivity contribution is 7.80. The SMILES string of the molecule is Cc1cccc(C(=O)NC(=S)N2CCNC(=O)C2CC(=O)OCCOc2ccccc2)c1. The molecule has 2 aromatic carbocycles. The quantitative estimate of drug-likeness (QED) is 0.373. The molecule has 1 heterocycles. The van der Waals surface area contributed by atoms with Gasteiger partial charge in [-0.2, -0.15) is 0 Å². The summed E-state index contributed by atoms with van der Waals surface area (Å²) in [7, 11) is 0. The van der Waals surface area contributed by atoms with Crippen molar-refractivity contribution >= 4 is 35.1 Å². The number of piperazine rings is 1. The maximum absolute atomic E-state index is 12.5. The van der Waals surface area contributed by atoms with Crippen LogP contribution in [0.5, 0.6) is 5.75 Å². The second-order valence-corrected chi connectivity index (χ2v) is 7.60. The van der Waals surface area contributed by atoms with E-state index in [1.54, 1.807) is 35.2 Å². The molecule has 0 saturated carbocycles. The van der Waals surface area contributed by atoms with E-state index in [1.807, 2.05) is 31.2 Å². The number of ether oxygens (including phenoxy) is 2. The number of carbonyl (C=O) groups is 3. The molecule has 1 aliphatic rings. The number of nitrogens with one attached hydrogen (secondary N) is 2. The molecule has 1 aliphatic heterocycles. The number of rotatable bonds is 7. The van der Waals surface area contributed by atoms with Gasteiger partial charge in [-0.3, -0.25) is 19.7 Å². The first-order valence-electron chi connectivity index (χ1n) is 10.2. The zero-order valence-electron chi connectivity index (χ0n) is 17.7. The molecule has 32 heavy (non-hydrogen) atoms. The molecule has 1 fully saturated rings. The summed E-state index contributed by atoms with van der Waals surface area (Å²) in [6.07, 6.45) is -0.197. The molecule has 1 atom stereocenters. The van der Waals surface area contributed by atoms with E-state index in [0.29, 0.717) is 24.4 Å². The zero-order chi connectivity index (χ0) is 22.9. The van der Waals surface area contributed by atoms with Gasteiger partial charge in [-0.05, 0) is 43.4 Å². The van der Waals surface area contributed by atoms with Crippen molar-refractivity contribution in [1.82, 2.24) is 15.5 Å². The van der Waals surface area contributed by atoms with Crippen LogP contribution >= 0.6 is 12.2 Å². The van der Waals surface area contributed by atoms with Crippen molar-refractivity contribution in [3.8, 4) is 5.75 Å². The van der Waals surface area contributed by atoms with Gasteiger partial charge in [0.25, 0.3) is 5.91 Å². The summed E-state index contributed by atoms with van der Waals surface area (Å²) < 4.78 is 10.7. The summed E-state index contributed by atoms with van der Waals surface area (Å²) in [6.45, 7) is 2.86. The topological polar surface area (TPSA) is 97.0 Å². The summed E-state index contributed by atoms with van der Waals surface area (Å²) >= 11 is 5.37. The van der Waals surface area contributed by atoms with Crippen LogP contribution in [-0.4, -0.2) is 60.1 Å². The molecule has 0 aliphatic carbocycles. The van der Waals surface area contributed by atoms with Gasteiger partial charge >= 0.3 is 5.97 Å². The molecule has 1 unspecified atom stereocenters. The Morgan fingerprint density at radius 1 is 1.16 bits per heavy atom. The van der Waals surface area contributed by atoms with E-state index in [-0.39, 0.29) is 36.6 Å². The summed E-state index contributed by atoms with van der Waals surface area (Å²) in [6, 6.07) is 15.4. The number of amides is 2. The first-order chi connectivity index (χ1) is 15.4. The maximum atomic E-state index is 12.5. The van der Waals surface area contributed by atoms with Crippen LogP contribution < -0.4 is 15.4 Å². The van der Waals surface area contributed by atoms with Crippen molar-refractivity contribution in [3.05, 3.63) is 65.7 Å². The largest absolute Gasteiger partial charge is 0.490 e. The van der Waals surface area contributed by atoms with Gasteiger partial charge in [0, 0.05) is 18.7 Å². The highest BCUT2D eigenvalue weighted by Gasteiger charge is 2.34. The summed E-state index contributed by atoms with van der Waals surface area (Å²) in [5.41, 5.74) is 1.40. The van der Waals surface area contributed by atoms with E-state index in [2.05, 4.69) is 10.6 Å². The van der Waals surface area contributed by atoms with Crippen LogP contribution in [0.2, 0.25) is 0 Å². The molecule has 0 radical (unpaired) electrons. The summed E-state index contributed by atoms with van der Waals surface area (Å²) in [5, 5.41) is 5.47. The van der Waals surface area contributed by atoms with Crippen molar-refractivity contribution in [2.75, 3.05) is 26.3 Å². The number of thiocarbonyl (C=S) groups is 1. The standard InChI is InChI=1S/C23H25N3O5S/c1-16-6-5-7-17(14-16)21(28)25-23(32)26-11-10-24-22(29)19(26)15-20(27)31-13-12-30-18-8-3-2-4-9-18/h2-9,14,19H,10-13,15H2,1H3,(H,24,29)(H,25,28,32). The number of benzene rings is 2. The lowest BCUT2D eigenvalue weighted by Crippen LogP contribution is -2.60. The van der Waals surface area contributed by atoms with Crippen molar-refractivity contribution in [2.24, 2.45) is 0 Å². The molecule has 0 spiro atoms. The number of carbonyl (C=O) groups excluding carboxylic acids is 3. The Balaban J connectivity index is 1.52. The lowest BCUT2D eigenvalue weighted by Gasteiger charge is -2.36. The lowest BCUT2D eigenvalue weighted by atomic mass is 10.1. The van der Waals surface area contributed by atoms with Gasteiger partial charge in [0.2, 0.25) is 5.91 Å². The van der Waals surface area contributed by atoms with E-state index in [9.17, 15) is 14.4 Å². The first kappa shape index (κ1) is 23.2. The third-order valence-electron chi connectivity index (χ3n) is 4.81. The van der Waals surface area contributed by atoms with Crippen molar-refractivity contribution in [2.45, 2.75) is 19.4 Å². The third-order valence-corrected chi connectivity index (χ3v) is 5.15. The number of hydrogen-bond acceptors (Lipinski definition) is 6. The Bertz CT molecular complexity index is 983. The lowest BCUT2D eigenvalue weighted by molar-refractivity contribution is -0.148. The fourth-order valence-electron chi connectivity index (χ4n) is 3.24. The van der Waals surface area contributed by atoms with E-state index in [4.69, 9.17) is 21.7 Å². The predicted molar refractivity (Wildman–Crippen MR) is 122 cm³/mol. The van der Waals surface area contributed by atoms with Crippen LogP contribution in [0.25, 0.3) is 0 Å². The van der Waals surface area contributed by atoms with Crippen LogP contribution in [0.4, 0.5) is 0 Å². The van der Waals surface area contributed by atoms with Crippen LogP contribution in [0.15, 0.2) is 54.6 Å². The van der Waals surface area contributed by atoms with Gasteiger partial charge in [-0.25, -0.2) is 0 Å². The van der Waals surface area contributed by atoms with Crippen LogP contribution in [0.3, 0.4) is 0 Å². The molecule has 1 saturated heterocycles. The van der Waals surface area contributed by atoms with Gasteiger partial charge in [0.1, 0.15) is 25.0 Å². The van der Waals surface area contributed by atoms with Crippen molar-refractivity contribution < 1.29 is 23.9 Å². The third kappa shape index (κ3) is 6.52. The minimum atomic E-state index is -0.864. The van der Waals surface area contributed by atoms with Gasteiger partial charge in [0.15, 0.2) is 5.11 Å². The molecular weight excluding hydrogens is 430 g/mol. The normalized spacial score (nSPS) is 15.5. The Morgan fingerprint density at radius 3 is 2.69 bits per heavy atom. The van der Waals surface area contributed by atoms with E-state index < -0.39 is 12.0 Å². The van der Waals surface area contributed by atoms with Crippen LogP contribution in [-0.2, 0) is 14.3 Å². The Hall–Kier alpha value is -3.46. The number of para-hydroxylation sites is 1. The molecular formula is C23H25N3O5S. The van der Waals surface area contributed by atoms with E-state index >= 15 is 0 Å². The number of hydrogen-bond donors (Lipinski definition) is 2. The monoisotopic (exact) mass is 455 g/mol. The molecule has 168 valence electrons. The highest BCUT2D eigenvalue weighted by Crippen LogP contribution is 2.12. The Labute approximate surface area is 191 Å². The van der Waals surface area contributed by atoms with Crippen LogP contribution in [0, 0.1) is 6.92 Å². The van der Waals surface area contributed by atoms with Crippen molar-refractivity contribution in [3.63, 3.8) is 0 Å². The molecule has 9 heteroatoms. The predicted octanol–water partition coefficient (Wildman–Crippen LogP) is 1.82. The molecule has 2 N–H and O–H groups in total. The molecule has 2 aromatic rings. The van der Waals surface area contributed by atoms with Crippen molar-refractivity contribution in [1.29, 1.82) is 0 Å². The second-order valence-electron chi connectivity index (χ2n) is 7.22. The van der Waals surface area contributed by atoms with E-state index in [1.165, 1.54) is 0 Å². The highest BCUT2D eigenvalue weighted by atomic mass is 32.1. The van der Waals surface area contributed by atoms with Gasteiger partial charge in [0.05, 0.1) is 6.42 Å². The average molecular weight is 456 g/mol. The Morgan fingerprint density at radius 2 is 1.94 bits per heavy atom. The minimum absolute atomic E-state index is 0.0522. The van der Waals surface area contributed by atoms with E-state index in [0.717, 1.165) is 5.56 Å². The average Bonchev–Trinajstić information content (AvgIpc) is 2.78. The number of nitrogens with zero attached hydrogens (tertiary/aromatic N) is 1. The fraction of sp³-hybridized carbons (Fsp3) is 0.304. The van der Waals surface area contributed by atoms with Gasteiger partial charge < -0.3 is 19.7 Å². The minimum Gasteiger partial charge on any atom is -0.490 e. The molecule has 2 amide bonds. The van der Waals surface area contributed by atoms with Gasteiger partial charge in [-0.1, -0.05) is 35.9 Å². The fourth-order valence-corrected chi connectivity index (χ4v) is 3.55. The number of esters is 1. The second kappa shape index (κ2) is 11.2. The summed E-state index contributed by atoms with van der Waals surface area (Å²) in [4.78, 5) is 38.8. The Kier molecular flexibility index (Phi) is 8.15. The molecule has 8 nitrogen and oxygen atoms in total. The van der Waals surface area contributed by atoms with Crippen LogP contribution in [0.1, 0.15) is 22.3 Å². The zero-order valence-corrected chi connectivity index (χ0v) is 18.5. The first-order valence-corrected chi connectivity index (χ1v) is 10.6. The molecule has 0 bridgehead atoms. The molecule has 3 rings (SSSR count). The van der Waals surface area contributed by atoms with Gasteiger partial charge in [-0.15, -0.1) is 0 Å². The smallest absolute Gasteiger partial charge is 0.308 e. The molecule has 0 aromatic heterocycles. The number of aryl methyl sites for hydroxylation is 1. The summed E-state index contributed by atoms with van der Waals surface area (Å²) in [5.74, 6) is -0.595. The maximum Gasteiger partial charge on any atom is 0.308 e.